The third-order valence-corrected chi connectivity index (χ3v) is 4.34. The third kappa shape index (κ3) is 5.36. The molecule has 0 aliphatic carbocycles. The molecule has 3 rings (SSSR count). The summed E-state index contributed by atoms with van der Waals surface area (Å²) >= 11 is 0. The summed E-state index contributed by atoms with van der Waals surface area (Å²) in [6.07, 6.45) is 1.77. The van der Waals surface area contributed by atoms with Gasteiger partial charge in [-0.25, -0.2) is 0 Å². The highest BCUT2D eigenvalue weighted by Crippen LogP contribution is 2.29. The zero-order valence-corrected chi connectivity index (χ0v) is 16.6. The average molecular weight is 374 g/mol. The van der Waals surface area contributed by atoms with E-state index < -0.39 is 0 Å². The first-order valence-electron chi connectivity index (χ1n) is 9.45. The molecule has 4 heteroatoms. The molecule has 0 atom stereocenters. The predicted octanol–water partition coefficient (Wildman–Crippen LogP) is 5.73. The van der Waals surface area contributed by atoms with Crippen molar-refractivity contribution in [2.45, 2.75) is 27.4 Å². The molecule has 0 fully saturated rings. The van der Waals surface area contributed by atoms with Gasteiger partial charge >= 0.3 is 0 Å². The molecule has 0 unspecified atom stereocenters. The summed E-state index contributed by atoms with van der Waals surface area (Å²) in [6, 6.07) is 22.1. The highest BCUT2D eigenvalue weighted by Gasteiger charge is 2.08. The largest absolute Gasteiger partial charge is 0.490 e. The van der Waals surface area contributed by atoms with Crippen LogP contribution < -0.4 is 14.9 Å². The Labute approximate surface area is 166 Å². The number of nitrogens with one attached hydrogen (secondary N) is 1. The predicted molar refractivity (Wildman–Crippen MR) is 116 cm³/mol. The lowest BCUT2D eigenvalue weighted by Crippen LogP contribution is -2.02. The topological polar surface area (TPSA) is 42.8 Å². The molecule has 0 amide bonds. The number of nitrogens with zero attached hydrogens (tertiary/aromatic N) is 1. The summed E-state index contributed by atoms with van der Waals surface area (Å²) < 4.78 is 11.8. The summed E-state index contributed by atoms with van der Waals surface area (Å²) in [5.74, 6) is 1.45. The maximum atomic E-state index is 6.06. The average Bonchev–Trinajstić information content (AvgIpc) is 2.71. The van der Waals surface area contributed by atoms with Crippen molar-refractivity contribution >= 4 is 11.9 Å². The van der Waals surface area contributed by atoms with Crippen LogP contribution in [0.4, 0.5) is 5.69 Å². The van der Waals surface area contributed by atoms with Gasteiger partial charge in [0.05, 0.1) is 18.5 Å². The maximum Gasteiger partial charge on any atom is 0.161 e. The summed E-state index contributed by atoms with van der Waals surface area (Å²) in [5, 5.41) is 4.29. The van der Waals surface area contributed by atoms with Crippen molar-refractivity contribution in [3.05, 3.63) is 89.0 Å². The molecule has 3 aromatic rings. The molecule has 0 aromatic heterocycles. The SMILES string of the molecule is CCOc1cc(/C=N/Nc2ccccc2)ccc1OCc1cc(C)ccc1C. The van der Waals surface area contributed by atoms with Gasteiger partial charge in [0, 0.05) is 0 Å². The van der Waals surface area contributed by atoms with E-state index in [4.69, 9.17) is 9.47 Å². The molecule has 0 aliphatic rings. The number of aryl methyl sites for hydroxylation is 2. The standard InChI is InChI=1S/C24H26N2O2/c1-4-27-24-15-20(16-25-26-22-8-6-5-7-9-22)12-13-23(24)28-17-21-14-18(2)10-11-19(21)3/h5-16,26H,4,17H2,1-3H3/b25-16+. The quantitative estimate of drug-likeness (QED) is 0.405. The number of rotatable bonds is 8. The van der Waals surface area contributed by atoms with Gasteiger partial charge in [-0.05, 0) is 67.8 Å². The number of hydrogen-bond donors (Lipinski definition) is 1. The van der Waals surface area contributed by atoms with Crippen LogP contribution in [-0.4, -0.2) is 12.8 Å². The first-order chi connectivity index (χ1) is 13.7. The van der Waals surface area contributed by atoms with Crippen LogP contribution in [0, 0.1) is 13.8 Å². The minimum atomic E-state index is 0.511. The summed E-state index contributed by atoms with van der Waals surface area (Å²) in [7, 11) is 0. The van der Waals surface area contributed by atoms with Gasteiger partial charge in [-0.1, -0.05) is 42.0 Å². The molecule has 1 N–H and O–H groups in total. The highest BCUT2D eigenvalue weighted by molar-refractivity contribution is 5.81. The van der Waals surface area contributed by atoms with Crippen LogP contribution >= 0.6 is 0 Å². The number of para-hydroxylation sites is 1. The van der Waals surface area contributed by atoms with E-state index in [0.29, 0.717) is 13.2 Å². The zero-order valence-electron chi connectivity index (χ0n) is 16.6. The van der Waals surface area contributed by atoms with E-state index in [0.717, 1.165) is 22.7 Å². The van der Waals surface area contributed by atoms with Crippen LogP contribution in [0.1, 0.15) is 29.2 Å². The second-order valence-corrected chi connectivity index (χ2v) is 6.59. The molecule has 0 radical (unpaired) electrons. The fraction of sp³-hybridized carbons (Fsp3) is 0.208. The van der Waals surface area contributed by atoms with Gasteiger partial charge in [0.25, 0.3) is 0 Å². The molecule has 4 nitrogen and oxygen atoms in total. The molecule has 144 valence electrons. The minimum absolute atomic E-state index is 0.511. The van der Waals surface area contributed by atoms with Gasteiger partial charge in [-0.2, -0.15) is 5.10 Å². The Balaban J connectivity index is 1.70. The lowest BCUT2D eigenvalue weighted by Gasteiger charge is -2.14. The van der Waals surface area contributed by atoms with Gasteiger partial charge in [0.2, 0.25) is 0 Å². The molecule has 0 saturated heterocycles. The second kappa shape index (κ2) is 9.60. The van der Waals surface area contributed by atoms with Gasteiger partial charge in [-0.3, -0.25) is 5.43 Å². The Bertz CT molecular complexity index is 937. The van der Waals surface area contributed by atoms with Gasteiger partial charge in [0.15, 0.2) is 11.5 Å². The zero-order chi connectivity index (χ0) is 19.8. The second-order valence-electron chi connectivity index (χ2n) is 6.59. The van der Waals surface area contributed by atoms with E-state index in [1.165, 1.54) is 16.7 Å². The monoisotopic (exact) mass is 374 g/mol. The van der Waals surface area contributed by atoms with E-state index >= 15 is 0 Å². The van der Waals surface area contributed by atoms with E-state index in [-0.39, 0.29) is 0 Å². The molecule has 3 aromatic carbocycles. The molecule has 0 aliphatic heterocycles. The Morgan fingerprint density at radius 1 is 0.893 bits per heavy atom. The molecular weight excluding hydrogens is 348 g/mol. The molecule has 0 bridgehead atoms. The van der Waals surface area contributed by atoms with Crippen molar-refractivity contribution in [3.63, 3.8) is 0 Å². The van der Waals surface area contributed by atoms with Crippen molar-refractivity contribution in [1.82, 2.24) is 0 Å². The van der Waals surface area contributed by atoms with E-state index in [1.807, 2.05) is 55.5 Å². The van der Waals surface area contributed by atoms with Gasteiger partial charge < -0.3 is 9.47 Å². The first kappa shape index (κ1) is 19.5. The lowest BCUT2D eigenvalue weighted by molar-refractivity contribution is 0.269. The van der Waals surface area contributed by atoms with Crippen LogP contribution in [0.25, 0.3) is 0 Å². The van der Waals surface area contributed by atoms with Crippen molar-refractivity contribution < 1.29 is 9.47 Å². The molecule has 28 heavy (non-hydrogen) atoms. The fourth-order valence-corrected chi connectivity index (χ4v) is 2.80. The number of hydrazone groups is 1. The van der Waals surface area contributed by atoms with E-state index in [2.05, 4.69) is 42.6 Å². The van der Waals surface area contributed by atoms with Crippen LogP contribution in [0.5, 0.6) is 11.5 Å². The molecule has 0 heterocycles. The summed E-state index contributed by atoms with van der Waals surface area (Å²) in [6.45, 7) is 7.23. The van der Waals surface area contributed by atoms with Crippen LogP contribution in [-0.2, 0) is 6.61 Å². The fourth-order valence-electron chi connectivity index (χ4n) is 2.80. The van der Waals surface area contributed by atoms with Crippen molar-refractivity contribution in [1.29, 1.82) is 0 Å². The minimum Gasteiger partial charge on any atom is -0.490 e. The van der Waals surface area contributed by atoms with Crippen molar-refractivity contribution in [3.8, 4) is 11.5 Å². The number of benzene rings is 3. The number of ether oxygens (including phenoxy) is 2. The van der Waals surface area contributed by atoms with Crippen LogP contribution in [0.15, 0.2) is 71.8 Å². The third-order valence-electron chi connectivity index (χ3n) is 4.34. The van der Waals surface area contributed by atoms with Crippen molar-refractivity contribution in [2.75, 3.05) is 12.0 Å². The first-order valence-corrected chi connectivity index (χ1v) is 9.45. The number of anilines is 1. The Morgan fingerprint density at radius 3 is 2.50 bits per heavy atom. The van der Waals surface area contributed by atoms with Crippen molar-refractivity contribution in [2.24, 2.45) is 5.10 Å². The van der Waals surface area contributed by atoms with Gasteiger partial charge in [-0.15, -0.1) is 0 Å². The molecule has 0 spiro atoms. The number of hydrogen-bond acceptors (Lipinski definition) is 4. The lowest BCUT2D eigenvalue weighted by atomic mass is 10.1. The summed E-state index contributed by atoms with van der Waals surface area (Å²) in [4.78, 5) is 0. The normalized spacial score (nSPS) is 10.8. The van der Waals surface area contributed by atoms with Crippen LogP contribution in [0.3, 0.4) is 0 Å². The van der Waals surface area contributed by atoms with Crippen LogP contribution in [0.2, 0.25) is 0 Å². The maximum absolute atomic E-state index is 6.06. The highest BCUT2D eigenvalue weighted by atomic mass is 16.5. The van der Waals surface area contributed by atoms with Gasteiger partial charge in [0.1, 0.15) is 6.61 Å². The Hall–Kier alpha value is -3.27. The Morgan fingerprint density at radius 2 is 1.71 bits per heavy atom. The smallest absolute Gasteiger partial charge is 0.161 e. The molecule has 0 saturated carbocycles. The Kier molecular flexibility index (Phi) is 6.68. The van der Waals surface area contributed by atoms with E-state index in [9.17, 15) is 0 Å². The summed E-state index contributed by atoms with van der Waals surface area (Å²) in [5.41, 5.74) is 8.52. The molecular formula is C24H26N2O2. The van der Waals surface area contributed by atoms with E-state index in [1.54, 1.807) is 6.21 Å².